The molecule has 0 spiro atoms. The highest BCUT2D eigenvalue weighted by atomic mass is 79.9. The second-order valence-corrected chi connectivity index (χ2v) is 6.41. The minimum Gasteiger partial charge on any atom is -0.340 e. The zero-order valence-corrected chi connectivity index (χ0v) is 13.7. The molecule has 0 aliphatic heterocycles. The molecule has 3 nitrogen and oxygen atoms in total. The number of rotatable bonds is 4. The van der Waals surface area contributed by atoms with Crippen LogP contribution in [0, 0.1) is 0 Å². The fourth-order valence-electron chi connectivity index (χ4n) is 2.73. The Kier molecular flexibility index (Phi) is 4.15. The number of carbonyl (C=O) groups excluding carboxylic acids is 1. The van der Waals surface area contributed by atoms with Crippen molar-refractivity contribution in [1.29, 1.82) is 0 Å². The number of aryl methyl sites for hydroxylation is 1. The van der Waals surface area contributed by atoms with Gasteiger partial charge in [-0.15, -0.1) is 0 Å². The molecule has 1 saturated carbocycles. The van der Waals surface area contributed by atoms with Crippen LogP contribution < -0.4 is 5.32 Å². The number of hydrogen-bond acceptors (Lipinski definition) is 1. The number of anilines is 1. The van der Waals surface area contributed by atoms with E-state index in [2.05, 4.69) is 38.8 Å². The highest BCUT2D eigenvalue weighted by Crippen LogP contribution is 2.33. The molecule has 1 aliphatic carbocycles. The number of hydrogen-bond donors (Lipinski definition) is 1. The lowest BCUT2D eigenvalue weighted by atomic mass is 9.93. The van der Waals surface area contributed by atoms with Crippen molar-refractivity contribution in [2.75, 3.05) is 5.32 Å². The minimum absolute atomic E-state index is 0.0241. The smallest absolute Gasteiger partial charge is 0.272 e. The van der Waals surface area contributed by atoms with Crippen molar-refractivity contribution in [3.05, 3.63) is 52.3 Å². The third kappa shape index (κ3) is 2.91. The first kappa shape index (κ1) is 14.4. The predicted octanol–water partition coefficient (Wildman–Crippen LogP) is 4.79. The van der Waals surface area contributed by atoms with Crippen LogP contribution in [0.2, 0.25) is 0 Å². The van der Waals surface area contributed by atoms with E-state index >= 15 is 0 Å². The van der Waals surface area contributed by atoms with Gasteiger partial charge in [0.15, 0.2) is 0 Å². The van der Waals surface area contributed by atoms with Crippen LogP contribution in [0.5, 0.6) is 0 Å². The molecule has 1 amide bonds. The van der Waals surface area contributed by atoms with Gasteiger partial charge in [0, 0.05) is 22.4 Å². The summed E-state index contributed by atoms with van der Waals surface area (Å²) >= 11 is 3.47. The lowest BCUT2D eigenvalue weighted by Gasteiger charge is -2.28. The molecule has 1 fully saturated rings. The Hall–Kier alpha value is -1.55. The maximum atomic E-state index is 12.5. The minimum atomic E-state index is -0.0241. The molecule has 1 aromatic heterocycles. The lowest BCUT2D eigenvalue weighted by molar-refractivity contribution is 0.101. The van der Waals surface area contributed by atoms with Crippen molar-refractivity contribution < 1.29 is 4.79 Å². The molecule has 0 bridgehead atoms. The maximum absolute atomic E-state index is 12.5. The van der Waals surface area contributed by atoms with Gasteiger partial charge in [-0.1, -0.05) is 22.9 Å². The standard InChI is InChI=1S/C17H19BrN2O/c1-2-12-11-13(18)8-9-15(12)19-17(21)16-7-4-10-20(16)14-5-3-6-14/h4,7-11,14H,2-3,5-6H2,1H3,(H,19,21). The van der Waals surface area contributed by atoms with Crippen LogP contribution in [0.25, 0.3) is 0 Å². The Morgan fingerprint density at radius 1 is 1.38 bits per heavy atom. The van der Waals surface area contributed by atoms with Gasteiger partial charge in [-0.3, -0.25) is 4.79 Å². The molecule has 0 saturated heterocycles. The van der Waals surface area contributed by atoms with Crippen molar-refractivity contribution >= 4 is 27.5 Å². The third-order valence-corrected chi connectivity index (χ3v) is 4.67. The Bertz CT molecular complexity index is 659. The number of nitrogens with zero attached hydrogens (tertiary/aromatic N) is 1. The Morgan fingerprint density at radius 2 is 2.19 bits per heavy atom. The van der Waals surface area contributed by atoms with E-state index in [0.29, 0.717) is 6.04 Å². The van der Waals surface area contributed by atoms with Crippen molar-refractivity contribution in [3.8, 4) is 0 Å². The third-order valence-electron chi connectivity index (χ3n) is 4.18. The van der Waals surface area contributed by atoms with Crippen LogP contribution >= 0.6 is 15.9 Å². The first-order valence-electron chi connectivity index (χ1n) is 7.45. The van der Waals surface area contributed by atoms with Gasteiger partial charge in [-0.2, -0.15) is 0 Å². The van der Waals surface area contributed by atoms with Gasteiger partial charge in [-0.25, -0.2) is 0 Å². The number of carbonyl (C=O) groups is 1. The van der Waals surface area contributed by atoms with E-state index in [0.717, 1.165) is 27.8 Å². The molecule has 0 radical (unpaired) electrons. The number of aromatic nitrogens is 1. The van der Waals surface area contributed by atoms with Gasteiger partial charge in [0.2, 0.25) is 0 Å². The summed E-state index contributed by atoms with van der Waals surface area (Å²) in [5, 5.41) is 3.05. The van der Waals surface area contributed by atoms with Gasteiger partial charge in [0.05, 0.1) is 0 Å². The topological polar surface area (TPSA) is 34.0 Å². The molecule has 4 heteroatoms. The summed E-state index contributed by atoms with van der Waals surface area (Å²) in [6.07, 6.45) is 6.51. The number of benzene rings is 1. The molecule has 1 N–H and O–H groups in total. The molecule has 1 aliphatic rings. The quantitative estimate of drug-likeness (QED) is 0.848. The number of amides is 1. The zero-order valence-electron chi connectivity index (χ0n) is 12.1. The van der Waals surface area contributed by atoms with Crippen LogP contribution in [0.3, 0.4) is 0 Å². The van der Waals surface area contributed by atoms with E-state index in [-0.39, 0.29) is 5.91 Å². The summed E-state index contributed by atoms with van der Waals surface area (Å²) < 4.78 is 3.15. The van der Waals surface area contributed by atoms with Gasteiger partial charge < -0.3 is 9.88 Å². The molecule has 0 atom stereocenters. The van der Waals surface area contributed by atoms with Crippen molar-refractivity contribution in [2.24, 2.45) is 0 Å². The molecule has 1 aromatic carbocycles. The molecule has 21 heavy (non-hydrogen) atoms. The first-order valence-corrected chi connectivity index (χ1v) is 8.25. The van der Waals surface area contributed by atoms with E-state index in [1.807, 2.05) is 30.5 Å². The first-order chi connectivity index (χ1) is 10.2. The Balaban J connectivity index is 1.82. The fourth-order valence-corrected chi connectivity index (χ4v) is 3.14. The van der Waals surface area contributed by atoms with Crippen molar-refractivity contribution in [3.63, 3.8) is 0 Å². The van der Waals surface area contributed by atoms with Gasteiger partial charge >= 0.3 is 0 Å². The average molecular weight is 347 g/mol. The van der Waals surface area contributed by atoms with Gasteiger partial charge in [0.25, 0.3) is 5.91 Å². The van der Waals surface area contributed by atoms with Crippen LogP contribution in [-0.4, -0.2) is 10.5 Å². The summed E-state index contributed by atoms with van der Waals surface area (Å²) in [4.78, 5) is 12.5. The second-order valence-electron chi connectivity index (χ2n) is 5.49. The molecule has 110 valence electrons. The SMILES string of the molecule is CCc1cc(Br)ccc1NC(=O)c1cccn1C1CCC1. The second kappa shape index (κ2) is 6.06. The number of halogens is 1. The normalized spacial score (nSPS) is 14.8. The van der Waals surface area contributed by atoms with E-state index in [1.165, 1.54) is 19.3 Å². The van der Waals surface area contributed by atoms with Crippen molar-refractivity contribution in [1.82, 2.24) is 4.57 Å². The highest BCUT2D eigenvalue weighted by molar-refractivity contribution is 9.10. The average Bonchev–Trinajstić information content (AvgIpc) is 2.87. The zero-order chi connectivity index (χ0) is 14.8. The summed E-state index contributed by atoms with van der Waals surface area (Å²) in [5.41, 5.74) is 2.79. The van der Waals surface area contributed by atoms with Crippen molar-refractivity contribution in [2.45, 2.75) is 38.6 Å². The summed E-state index contributed by atoms with van der Waals surface area (Å²) in [7, 11) is 0. The molecule has 2 aromatic rings. The number of nitrogens with one attached hydrogen (secondary N) is 1. The van der Waals surface area contributed by atoms with Crippen LogP contribution in [0.1, 0.15) is 48.3 Å². The van der Waals surface area contributed by atoms with Gasteiger partial charge in [0.1, 0.15) is 5.69 Å². The molecular formula is C17H19BrN2O. The van der Waals surface area contributed by atoms with Gasteiger partial charge in [-0.05, 0) is 61.6 Å². The molecule has 3 rings (SSSR count). The lowest BCUT2D eigenvalue weighted by Crippen LogP contribution is -2.23. The largest absolute Gasteiger partial charge is 0.340 e. The summed E-state index contributed by atoms with van der Waals surface area (Å²) in [5.74, 6) is -0.0241. The molecule has 0 unspecified atom stereocenters. The maximum Gasteiger partial charge on any atom is 0.272 e. The molecular weight excluding hydrogens is 328 g/mol. The molecule has 1 heterocycles. The van der Waals surface area contributed by atoms with E-state index in [1.54, 1.807) is 0 Å². The monoisotopic (exact) mass is 346 g/mol. The van der Waals surface area contributed by atoms with E-state index in [9.17, 15) is 4.79 Å². The summed E-state index contributed by atoms with van der Waals surface area (Å²) in [6.45, 7) is 2.09. The van der Waals surface area contributed by atoms with Crippen LogP contribution in [-0.2, 0) is 6.42 Å². The van der Waals surface area contributed by atoms with E-state index in [4.69, 9.17) is 0 Å². The Labute approximate surface area is 133 Å². The summed E-state index contributed by atoms with van der Waals surface area (Å²) in [6, 6.07) is 10.3. The van der Waals surface area contributed by atoms with Crippen LogP contribution in [0.15, 0.2) is 41.0 Å². The fraction of sp³-hybridized carbons (Fsp3) is 0.353. The highest BCUT2D eigenvalue weighted by Gasteiger charge is 2.23. The van der Waals surface area contributed by atoms with E-state index < -0.39 is 0 Å². The van der Waals surface area contributed by atoms with Crippen LogP contribution in [0.4, 0.5) is 5.69 Å². The predicted molar refractivity (Wildman–Crippen MR) is 88.8 cm³/mol. The Morgan fingerprint density at radius 3 is 2.86 bits per heavy atom.